The van der Waals surface area contributed by atoms with Crippen LogP contribution < -0.4 is 4.74 Å². The summed E-state index contributed by atoms with van der Waals surface area (Å²) in [7, 11) is 2.48. The number of esters is 1. The fraction of sp³-hybridized carbons (Fsp3) is 0.500. The fourth-order valence-electron chi connectivity index (χ4n) is 2.64. The van der Waals surface area contributed by atoms with Crippen molar-refractivity contribution in [1.82, 2.24) is 4.90 Å². The molecule has 23 heavy (non-hydrogen) atoms. The number of likely N-dealkylation sites (tertiary alicyclic amines) is 1. The van der Waals surface area contributed by atoms with Crippen LogP contribution in [0.25, 0.3) is 0 Å². The molecular formula is C16H19F2NO4. The highest BCUT2D eigenvalue weighted by molar-refractivity contribution is 5.83. The quantitative estimate of drug-likeness (QED) is 0.775. The van der Waals surface area contributed by atoms with Gasteiger partial charge < -0.3 is 14.4 Å². The van der Waals surface area contributed by atoms with Crippen LogP contribution >= 0.6 is 0 Å². The lowest BCUT2D eigenvalue weighted by molar-refractivity contribution is -0.154. The zero-order valence-electron chi connectivity index (χ0n) is 13.1. The van der Waals surface area contributed by atoms with Crippen LogP contribution in [0.1, 0.15) is 18.4 Å². The van der Waals surface area contributed by atoms with Crippen LogP contribution in [0, 0.1) is 5.82 Å². The Balaban J connectivity index is 1.95. The van der Waals surface area contributed by atoms with Crippen molar-refractivity contribution in [3.05, 3.63) is 29.6 Å². The average molecular weight is 327 g/mol. The Morgan fingerprint density at radius 3 is 2.74 bits per heavy atom. The minimum absolute atomic E-state index is 0.0291. The number of aryl methyl sites for hydroxylation is 1. The number of hydrogen-bond acceptors (Lipinski definition) is 4. The third-order valence-corrected chi connectivity index (χ3v) is 3.99. The molecule has 0 unspecified atom stereocenters. The number of carbonyl (C=O) groups excluding carboxylic acids is 2. The smallest absolute Gasteiger partial charge is 0.345 e. The lowest BCUT2D eigenvalue weighted by Crippen LogP contribution is -2.39. The van der Waals surface area contributed by atoms with E-state index in [0.717, 1.165) is 7.11 Å². The van der Waals surface area contributed by atoms with E-state index >= 15 is 0 Å². The Morgan fingerprint density at radius 2 is 2.09 bits per heavy atom. The lowest BCUT2D eigenvalue weighted by atomic mass is 10.1. The monoisotopic (exact) mass is 327 g/mol. The molecule has 0 saturated carbocycles. The molecule has 1 aromatic carbocycles. The summed E-state index contributed by atoms with van der Waals surface area (Å²) < 4.78 is 37.6. The summed E-state index contributed by atoms with van der Waals surface area (Å²) in [5.41, 5.74) is -1.79. The third kappa shape index (κ3) is 3.60. The van der Waals surface area contributed by atoms with E-state index in [2.05, 4.69) is 4.74 Å². The first-order valence-electron chi connectivity index (χ1n) is 7.28. The molecular weight excluding hydrogens is 308 g/mol. The van der Waals surface area contributed by atoms with Gasteiger partial charge in [-0.3, -0.25) is 4.79 Å². The van der Waals surface area contributed by atoms with Crippen molar-refractivity contribution in [2.24, 2.45) is 0 Å². The summed E-state index contributed by atoms with van der Waals surface area (Å²) in [6.07, 6.45) is 0.121. The number of nitrogens with zero attached hydrogens (tertiary/aromatic N) is 1. The predicted octanol–water partition coefficient (Wildman–Crippen LogP) is 1.88. The number of benzene rings is 1. The van der Waals surface area contributed by atoms with Crippen molar-refractivity contribution >= 4 is 11.9 Å². The largest absolute Gasteiger partial charge is 0.494 e. The van der Waals surface area contributed by atoms with Crippen LogP contribution in [0.4, 0.5) is 8.78 Å². The van der Waals surface area contributed by atoms with Gasteiger partial charge >= 0.3 is 5.97 Å². The average Bonchev–Trinajstić information content (AvgIpc) is 2.96. The summed E-state index contributed by atoms with van der Waals surface area (Å²) in [4.78, 5) is 24.8. The van der Waals surface area contributed by atoms with E-state index in [4.69, 9.17) is 4.74 Å². The summed E-state index contributed by atoms with van der Waals surface area (Å²) in [5, 5.41) is 0. The van der Waals surface area contributed by atoms with Crippen molar-refractivity contribution in [3.8, 4) is 5.75 Å². The van der Waals surface area contributed by atoms with Crippen molar-refractivity contribution in [2.75, 3.05) is 27.3 Å². The number of amides is 1. The summed E-state index contributed by atoms with van der Waals surface area (Å²) >= 11 is 0. The van der Waals surface area contributed by atoms with Crippen molar-refractivity contribution < 1.29 is 27.8 Å². The lowest BCUT2D eigenvalue weighted by Gasteiger charge is -2.19. The van der Waals surface area contributed by atoms with Gasteiger partial charge in [0.05, 0.1) is 20.8 Å². The molecule has 1 aliphatic heterocycles. The van der Waals surface area contributed by atoms with Gasteiger partial charge in [0.25, 0.3) is 0 Å². The minimum Gasteiger partial charge on any atom is -0.494 e. The normalized spacial score (nSPS) is 20.4. The standard InChI is InChI=1S/C16H19F2NO4/c1-22-12-5-3-4-11(14(12)17)6-7-13(20)19-9-8-16(18,10-19)15(21)23-2/h3-5H,6-10H2,1-2H3/t16-/m1/s1. The maximum atomic E-state index is 14.3. The van der Waals surface area contributed by atoms with E-state index in [9.17, 15) is 18.4 Å². The zero-order chi connectivity index (χ0) is 17.0. The molecule has 0 N–H and O–H groups in total. The van der Waals surface area contributed by atoms with Gasteiger partial charge in [0, 0.05) is 19.4 Å². The number of hydrogen-bond donors (Lipinski definition) is 0. The molecule has 1 atom stereocenters. The van der Waals surface area contributed by atoms with Crippen molar-refractivity contribution in [2.45, 2.75) is 24.9 Å². The summed E-state index contributed by atoms with van der Waals surface area (Å²) in [5.74, 6) is -1.68. The predicted molar refractivity (Wildman–Crippen MR) is 78.3 cm³/mol. The summed E-state index contributed by atoms with van der Waals surface area (Å²) in [6, 6.07) is 4.71. The van der Waals surface area contributed by atoms with Crippen LogP contribution in [0.5, 0.6) is 5.75 Å². The van der Waals surface area contributed by atoms with Gasteiger partial charge in [-0.2, -0.15) is 0 Å². The maximum Gasteiger partial charge on any atom is 0.345 e. The minimum atomic E-state index is -2.15. The first-order valence-corrected chi connectivity index (χ1v) is 7.28. The molecule has 1 aliphatic rings. The van der Waals surface area contributed by atoms with E-state index in [1.54, 1.807) is 12.1 Å². The Bertz CT molecular complexity index is 608. The molecule has 2 rings (SSSR count). The van der Waals surface area contributed by atoms with Crippen LogP contribution in [0.2, 0.25) is 0 Å². The second-order valence-corrected chi connectivity index (χ2v) is 5.46. The Labute approximate surface area is 133 Å². The third-order valence-electron chi connectivity index (χ3n) is 3.99. The van der Waals surface area contributed by atoms with Gasteiger partial charge in [-0.1, -0.05) is 12.1 Å². The topological polar surface area (TPSA) is 55.8 Å². The molecule has 0 bridgehead atoms. The highest BCUT2D eigenvalue weighted by Crippen LogP contribution is 2.28. The second-order valence-electron chi connectivity index (χ2n) is 5.46. The molecule has 1 fully saturated rings. The van der Waals surface area contributed by atoms with Crippen molar-refractivity contribution in [1.29, 1.82) is 0 Å². The van der Waals surface area contributed by atoms with Crippen LogP contribution in [0.15, 0.2) is 18.2 Å². The number of rotatable bonds is 5. The number of halogens is 2. The SMILES string of the molecule is COC(=O)[C@@]1(F)CCN(C(=O)CCc2cccc(OC)c2F)C1. The van der Waals surface area contributed by atoms with Gasteiger partial charge in [-0.05, 0) is 18.1 Å². The van der Waals surface area contributed by atoms with Gasteiger partial charge in [-0.25, -0.2) is 13.6 Å². The Hall–Kier alpha value is -2.18. The molecule has 1 heterocycles. The van der Waals surface area contributed by atoms with Gasteiger partial charge in [0.1, 0.15) is 0 Å². The molecule has 1 amide bonds. The Morgan fingerprint density at radius 1 is 1.35 bits per heavy atom. The number of carbonyl (C=O) groups is 2. The highest BCUT2D eigenvalue weighted by atomic mass is 19.1. The molecule has 1 saturated heterocycles. The number of ether oxygens (including phenoxy) is 2. The highest BCUT2D eigenvalue weighted by Gasteiger charge is 2.47. The summed E-state index contributed by atoms with van der Waals surface area (Å²) in [6.45, 7) is -0.176. The molecule has 1 aromatic rings. The van der Waals surface area contributed by atoms with Crippen LogP contribution in [0.3, 0.4) is 0 Å². The molecule has 0 aromatic heterocycles. The van der Waals surface area contributed by atoms with E-state index in [1.807, 2.05) is 0 Å². The van der Waals surface area contributed by atoms with E-state index in [1.165, 1.54) is 18.1 Å². The van der Waals surface area contributed by atoms with E-state index in [-0.39, 0.29) is 44.0 Å². The van der Waals surface area contributed by atoms with Gasteiger partial charge in [0.2, 0.25) is 11.6 Å². The molecule has 0 aliphatic carbocycles. The zero-order valence-corrected chi connectivity index (χ0v) is 13.1. The maximum absolute atomic E-state index is 14.3. The van der Waals surface area contributed by atoms with Crippen molar-refractivity contribution in [3.63, 3.8) is 0 Å². The molecule has 7 heteroatoms. The molecule has 5 nitrogen and oxygen atoms in total. The number of alkyl halides is 1. The first-order chi connectivity index (χ1) is 10.9. The van der Waals surface area contributed by atoms with Gasteiger partial charge in [-0.15, -0.1) is 0 Å². The molecule has 126 valence electrons. The van der Waals surface area contributed by atoms with Crippen LogP contribution in [-0.4, -0.2) is 49.8 Å². The van der Waals surface area contributed by atoms with Gasteiger partial charge in [0.15, 0.2) is 11.6 Å². The van der Waals surface area contributed by atoms with E-state index < -0.39 is 17.5 Å². The molecule has 0 radical (unpaired) electrons. The first kappa shape index (κ1) is 17.2. The van der Waals surface area contributed by atoms with Crippen LogP contribution in [-0.2, 0) is 20.7 Å². The number of methoxy groups -OCH3 is 2. The van der Waals surface area contributed by atoms with E-state index in [0.29, 0.717) is 5.56 Å². The molecule has 0 spiro atoms. The fourth-order valence-corrected chi connectivity index (χ4v) is 2.64. The second kappa shape index (κ2) is 6.93. The Kier molecular flexibility index (Phi) is 5.18.